The van der Waals surface area contributed by atoms with E-state index in [4.69, 9.17) is 14.6 Å². The van der Waals surface area contributed by atoms with Crippen molar-refractivity contribution in [2.24, 2.45) is 0 Å². The fourth-order valence-electron chi connectivity index (χ4n) is 2.15. The quantitative estimate of drug-likeness (QED) is 0.435. The molecule has 0 aliphatic rings. The number of nitrogens with one attached hydrogen (secondary N) is 1. The minimum absolute atomic E-state index is 0.0493. The summed E-state index contributed by atoms with van der Waals surface area (Å²) in [5, 5.41) is 11.7. The number of aliphatic hydroxyl groups is 1. The molecular formula is C17H28BN3O5. The topological polar surface area (TPSA) is 91.3 Å². The van der Waals surface area contributed by atoms with Crippen LogP contribution < -0.4 is 5.32 Å². The number of likely N-dealkylation sites (N-methyl/N-ethyl adjacent to an activating group) is 1. The highest BCUT2D eigenvalue weighted by Gasteiger charge is 2.14. The molecule has 0 fully saturated rings. The molecule has 2 N–H and O–H groups in total. The summed E-state index contributed by atoms with van der Waals surface area (Å²) in [5.41, 5.74) is 1.89. The zero-order valence-corrected chi connectivity index (χ0v) is 15.7. The van der Waals surface area contributed by atoms with E-state index in [-0.39, 0.29) is 25.6 Å². The molecule has 0 heterocycles. The zero-order valence-electron chi connectivity index (χ0n) is 15.7. The van der Waals surface area contributed by atoms with Crippen LogP contribution >= 0.6 is 0 Å². The molecule has 144 valence electrons. The van der Waals surface area contributed by atoms with Gasteiger partial charge in [-0.05, 0) is 17.7 Å². The van der Waals surface area contributed by atoms with Gasteiger partial charge in [-0.15, -0.1) is 0 Å². The molecule has 1 rings (SSSR count). The molecule has 8 nitrogen and oxygen atoms in total. The summed E-state index contributed by atoms with van der Waals surface area (Å²) in [6, 6.07) is 7.61. The van der Waals surface area contributed by atoms with Crippen LogP contribution in [0.1, 0.15) is 5.56 Å². The van der Waals surface area contributed by atoms with E-state index in [1.165, 1.54) is 12.7 Å². The minimum Gasteiger partial charge on any atom is -0.445 e. The Bertz CT molecular complexity index is 556. The van der Waals surface area contributed by atoms with E-state index in [2.05, 4.69) is 5.32 Å². The summed E-state index contributed by atoms with van der Waals surface area (Å²) in [6.45, 7) is 1.89. The Labute approximate surface area is 155 Å². The van der Waals surface area contributed by atoms with Crippen molar-refractivity contribution in [2.75, 3.05) is 58.9 Å². The third-order valence-corrected chi connectivity index (χ3v) is 3.81. The van der Waals surface area contributed by atoms with Crippen LogP contribution in [0.5, 0.6) is 0 Å². The number of nitrogens with zero attached hydrogens (tertiary/aromatic N) is 2. The van der Waals surface area contributed by atoms with Gasteiger partial charge in [-0.1, -0.05) is 12.1 Å². The van der Waals surface area contributed by atoms with Crippen LogP contribution in [0.2, 0.25) is 0 Å². The number of amides is 2. The third kappa shape index (κ3) is 8.22. The summed E-state index contributed by atoms with van der Waals surface area (Å²) >= 11 is 0. The fraction of sp³-hybridized carbons (Fsp3) is 0.529. The molecule has 0 aliphatic carbocycles. The number of carbonyl (C=O) groups excluding carboxylic acids is 2. The van der Waals surface area contributed by atoms with Crippen LogP contribution in [-0.2, 0) is 16.1 Å². The molecule has 0 aliphatic heterocycles. The number of benzene rings is 1. The highest BCUT2D eigenvalue weighted by atomic mass is 16.6. The normalized spacial score (nSPS) is 10.3. The van der Waals surface area contributed by atoms with Crippen molar-refractivity contribution in [1.82, 2.24) is 9.80 Å². The van der Waals surface area contributed by atoms with Crippen LogP contribution in [0.4, 0.5) is 15.3 Å². The summed E-state index contributed by atoms with van der Waals surface area (Å²) in [4.78, 5) is 26.7. The predicted octanol–water partition coefficient (Wildman–Crippen LogP) is 0.361. The van der Waals surface area contributed by atoms with Crippen molar-refractivity contribution in [3.8, 4) is 0 Å². The van der Waals surface area contributed by atoms with Gasteiger partial charge in [0.1, 0.15) is 6.61 Å². The third-order valence-electron chi connectivity index (χ3n) is 3.81. The second kappa shape index (κ2) is 12.2. The van der Waals surface area contributed by atoms with Crippen LogP contribution in [0.15, 0.2) is 24.3 Å². The first-order valence-corrected chi connectivity index (χ1v) is 8.56. The Morgan fingerprint density at radius 3 is 2.42 bits per heavy atom. The van der Waals surface area contributed by atoms with Crippen LogP contribution in [-0.4, -0.2) is 88.2 Å². The highest BCUT2D eigenvalue weighted by molar-refractivity contribution is 6.56. The first-order valence-electron chi connectivity index (χ1n) is 8.56. The average Bonchev–Trinajstić information content (AvgIpc) is 2.65. The van der Waals surface area contributed by atoms with Gasteiger partial charge in [0, 0.05) is 39.4 Å². The van der Waals surface area contributed by atoms with Gasteiger partial charge in [0.05, 0.1) is 19.8 Å². The molecule has 0 unspecified atom stereocenters. The number of aliphatic hydroxyl groups excluding tert-OH is 1. The number of ether oxygens (including phenoxy) is 2. The molecule has 0 spiro atoms. The molecule has 0 bridgehead atoms. The highest BCUT2D eigenvalue weighted by Crippen LogP contribution is 2.10. The van der Waals surface area contributed by atoms with E-state index in [9.17, 15) is 9.59 Å². The molecule has 1 aromatic carbocycles. The number of hydrogen-bond acceptors (Lipinski definition) is 6. The zero-order chi connectivity index (χ0) is 19.4. The van der Waals surface area contributed by atoms with E-state index in [1.807, 2.05) is 31.3 Å². The molecule has 0 saturated heterocycles. The summed E-state index contributed by atoms with van der Waals surface area (Å²) < 4.78 is 10.4. The van der Waals surface area contributed by atoms with Crippen molar-refractivity contribution in [1.29, 1.82) is 0 Å². The Balaban J connectivity index is 2.35. The van der Waals surface area contributed by atoms with Gasteiger partial charge in [0.25, 0.3) is 0 Å². The fourth-order valence-corrected chi connectivity index (χ4v) is 2.15. The van der Waals surface area contributed by atoms with E-state index in [0.29, 0.717) is 26.2 Å². The largest absolute Gasteiger partial charge is 0.445 e. The maximum atomic E-state index is 12.1. The van der Waals surface area contributed by atoms with Crippen molar-refractivity contribution >= 4 is 25.4 Å². The summed E-state index contributed by atoms with van der Waals surface area (Å²) in [6.07, 6.45) is -0.442. The van der Waals surface area contributed by atoms with Gasteiger partial charge in [-0.3, -0.25) is 4.79 Å². The first-order chi connectivity index (χ1) is 12.5. The number of carbonyl (C=O) groups is 2. The lowest BCUT2D eigenvalue weighted by Gasteiger charge is -2.24. The number of hydrogen-bond donors (Lipinski definition) is 2. The molecule has 1 aromatic rings. The number of anilines is 1. The predicted molar refractivity (Wildman–Crippen MR) is 102 cm³/mol. The molecule has 9 heteroatoms. The minimum atomic E-state index is -0.442. The van der Waals surface area contributed by atoms with Gasteiger partial charge < -0.3 is 29.7 Å². The summed E-state index contributed by atoms with van der Waals surface area (Å²) in [5.74, 6) is -0.0935. The van der Waals surface area contributed by atoms with Crippen molar-refractivity contribution in [2.45, 2.75) is 6.61 Å². The number of rotatable bonds is 11. The van der Waals surface area contributed by atoms with Gasteiger partial charge >= 0.3 is 6.09 Å². The van der Waals surface area contributed by atoms with Crippen LogP contribution in [0, 0.1) is 0 Å². The first kappa shape index (κ1) is 21.8. The second-order valence-electron chi connectivity index (χ2n) is 5.77. The lowest BCUT2D eigenvalue weighted by molar-refractivity contribution is 0.0773. The van der Waals surface area contributed by atoms with Gasteiger partial charge in [-0.25, -0.2) is 4.79 Å². The van der Waals surface area contributed by atoms with Gasteiger partial charge in [0.15, 0.2) is 5.81 Å². The Hall–Kier alpha value is -2.26. The van der Waals surface area contributed by atoms with Gasteiger partial charge in [0.2, 0.25) is 7.85 Å². The molecule has 2 amide bonds. The lowest BCUT2D eigenvalue weighted by atomic mass is 10.1. The molecule has 0 atom stereocenters. The van der Waals surface area contributed by atoms with Crippen molar-refractivity contribution < 1.29 is 24.2 Å². The lowest BCUT2D eigenvalue weighted by Crippen LogP contribution is -2.40. The maximum absolute atomic E-state index is 12.1. The van der Waals surface area contributed by atoms with Crippen LogP contribution in [0.3, 0.4) is 0 Å². The van der Waals surface area contributed by atoms with Gasteiger partial charge in [-0.2, -0.15) is 0 Å². The monoisotopic (exact) mass is 365 g/mol. The SMILES string of the molecule is BC(=O)N(CCOCCO)CCN(C)C(=O)OCc1ccc(NC)cc1. The Morgan fingerprint density at radius 2 is 1.85 bits per heavy atom. The van der Waals surface area contributed by atoms with Crippen molar-refractivity contribution in [3.63, 3.8) is 0 Å². The molecule has 0 saturated carbocycles. The second-order valence-corrected chi connectivity index (χ2v) is 5.77. The maximum Gasteiger partial charge on any atom is 0.409 e. The van der Waals surface area contributed by atoms with E-state index >= 15 is 0 Å². The Morgan fingerprint density at radius 1 is 1.15 bits per heavy atom. The van der Waals surface area contributed by atoms with E-state index < -0.39 is 6.09 Å². The smallest absolute Gasteiger partial charge is 0.409 e. The average molecular weight is 365 g/mol. The molecular weight excluding hydrogens is 337 g/mol. The van der Waals surface area contributed by atoms with Crippen LogP contribution in [0.25, 0.3) is 0 Å². The van der Waals surface area contributed by atoms with E-state index in [1.54, 1.807) is 11.9 Å². The van der Waals surface area contributed by atoms with Crippen molar-refractivity contribution in [3.05, 3.63) is 29.8 Å². The molecule has 26 heavy (non-hydrogen) atoms. The molecule has 0 aromatic heterocycles. The standard InChI is InChI=1S/C17H28BN3O5/c1-19-15-5-3-14(4-6-15)13-26-17(24)20(2)7-8-21(16(18)23)9-11-25-12-10-22/h3-6,19,22H,7-13,18H2,1-2H3. The Kier molecular flexibility index (Phi) is 10.2. The molecule has 0 radical (unpaired) electrons. The summed E-state index contributed by atoms with van der Waals surface area (Å²) in [7, 11) is 4.94. The van der Waals surface area contributed by atoms with E-state index in [0.717, 1.165) is 11.3 Å².